The predicted molar refractivity (Wildman–Crippen MR) is 67.3 cm³/mol. The molecule has 1 aliphatic heterocycles. The summed E-state index contributed by atoms with van der Waals surface area (Å²) in [6.45, 7) is 8.48. The topological polar surface area (TPSA) is 24.3 Å². The van der Waals surface area contributed by atoms with Crippen molar-refractivity contribution in [3.63, 3.8) is 0 Å². The highest BCUT2D eigenvalue weighted by atomic mass is 35.5. The maximum absolute atomic E-state index is 6.15. The normalized spacial score (nSPS) is 18.4. The van der Waals surface area contributed by atoms with Gasteiger partial charge in [-0.05, 0) is 20.9 Å². The Kier molecular flexibility index (Phi) is 3.40. The molecule has 2 rings (SSSR count). The highest BCUT2D eigenvalue weighted by molar-refractivity contribution is 6.29. The monoisotopic (exact) mass is 242 g/mol. The summed E-state index contributed by atoms with van der Waals surface area (Å²) in [6, 6.07) is 0.352. The van der Waals surface area contributed by atoms with Gasteiger partial charge in [-0.1, -0.05) is 11.6 Å². The molecule has 2 heterocycles. The highest BCUT2D eigenvalue weighted by Gasteiger charge is 2.20. The van der Waals surface area contributed by atoms with E-state index in [2.05, 4.69) is 40.2 Å². The van der Waals surface area contributed by atoms with Gasteiger partial charge >= 0.3 is 0 Å². The predicted octanol–water partition coefficient (Wildman–Crippen LogP) is 1.87. The Morgan fingerprint density at radius 3 is 2.44 bits per heavy atom. The fourth-order valence-corrected chi connectivity index (χ4v) is 2.37. The van der Waals surface area contributed by atoms with Crippen molar-refractivity contribution >= 4 is 17.5 Å². The van der Waals surface area contributed by atoms with Crippen LogP contribution in [0.3, 0.4) is 0 Å². The summed E-state index contributed by atoms with van der Waals surface area (Å²) in [5.41, 5.74) is 0. The van der Waals surface area contributed by atoms with Crippen molar-refractivity contribution in [1.82, 2.24) is 14.5 Å². The van der Waals surface area contributed by atoms with Crippen LogP contribution in [0.2, 0.25) is 5.15 Å². The minimum Gasteiger partial charge on any atom is -0.340 e. The van der Waals surface area contributed by atoms with Gasteiger partial charge in [0.2, 0.25) is 5.95 Å². The second-order valence-electron chi connectivity index (χ2n) is 4.63. The Labute approximate surface area is 102 Å². The smallest absolute Gasteiger partial charge is 0.206 e. The number of anilines is 1. The van der Waals surface area contributed by atoms with E-state index >= 15 is 0 Å². The van der Waals surface area contributed by atoms with Crippen molar-refractivity contribution in [2.45, 2.75) is 19.9 Å². The first-order valence-corrected chi connectivity index (χ1v) is 6.13. The maximum Gasteiger partial charge on any atom is 0.206 e. The zero-order valence-electron chi connectivity index (χ0n) is 10.1. The third-order valence-corrected chi connectivity index (χ3v) is 3.31. The first kappa shape index (κ1) is 11.7. The molecule has 0 radical (unpaired) electrons. The van der Waals surface area contributed by atoms with Crippen LogP contribution in [0.1, 0.15) is 19.9 Å². The molecule has 0 aliphatic carbocycles. The van der Waals surface area contributed by atoms with Gasteiger partial charge in [-0.2, -0.15) is 0 Å². The van der Waals surface area contributed by atoms with Crippen LogP contribution in [0.25, 0.3) is 0 Å². The molecule has 90 valence electrons. The minimum absolute atomic E-state index is 0.352. The molecule has 5 heteroatoms. The molecule has 1 aliphatic rings. The standard InChI is InChI=1S/C11H19ClN4/c1-9(2)16-10(12)8-13-11(16)15-6-4-14(3)5-7-15/h8-9H,4-7H2,1-3H3. The number of aromatic nitrogens is 2. The Balaban J connectivity index is 2.20. The van der Waals surface area contributed by atoms with Crippen LogP contribution in [-0.4, -0.2) is 47.7 Å². The molecule has 0 amide bonds. The molecule has 0 spiro atoms. The first-order chi connectivity index (χ1) is 7.59. The molecule has 0 atom stereocenters. The second kappa shape index (κ2) is 4.63. The lowest BCUT2D eigenvalue weighted by Crippen LogP contribution is -2.45. The van der Waals surface area contributed by atoms with Crippen molar-refractivity contribution in [1.29, 1.82) is 0 Å². The number of rotatable bonds is 2. The third-order valence-electron chi connectivity index (χ3n) is 3.03. The van der Waals surface area contributed by atoms with Crippen LogP contribution in [0, 0.1) is 0 Å². The van der Waals surface area contributed by atoms with Gasteiger partial charge in [0.1, 0.15) is 5.15 Å². The second-order valence-corrected chi connectivity index (χ2v) is 5.02. The van der Waals surface area contributed by atoms with Crippen LogP contribution in [0.15, 0.2) is 6.20 Å². The number of likely N-dealkylation sites (N-methyl/N-ethyl adjacent to an activating group) is 1. The van der Waals surface area contributed by atoms with Crippen molar-refractivity contribution in [2.24, 2.45) is 0 Å². The lowest BCUT2D eigenvalue weighted by atomic mass is 10.3. The van der Waals surface area contributed by atoms with E-state index in [-0.39, 0.29) is 0 Å². The average molecular weight is 243 g/mol. The molecular weight excluding hydrogens is 224 g/mol. The van der Waals surface area contributed by atoms with Crippen LogP contribution in [0.5, 0.6) is 0 Å². The summed E-state index contributed by atoms with van der Waals surface area (Å²) in [7, 11) is 2.15. The Morgan fingerprint density at radius 1 is 1.25 bits per heavy atom. The summed E-state index contributed by atoms with van der Waals surface area (Å²) in [5.74, 6) is 1.01. The van der Waals surface area contributed by atoms with Gasteiger partial charge in [0, 0.05) is 32.2 Å². The van der Waals surface area contributed by atoms with Gasteiger partial charge < -0.3 is 9.80 Å². The van der Waals surface area contributed by atoms with E-state index < -0.39 is 0 Å². The lowest BCUT2D eigenvalue weighted by molar-refractivity contribution is 0.309. The first-order valence-electron chi connectivity index (χ1n) is 5.76. The number of hydrogen-bond donors (Lipinski definition) is 0. The molecule has 1 aromatic heterocycles. The van der Waals surface area contributed by atoms with Gasteiger partial charge in [0.05, 0.1) is 6.20 Å². The van der Waals surface area contributed by atoms with Gasteiger partial charge in [-0.3, -0.25) is 4.57 Å². The Hall–Kier alpha value is -0.740. The van der Waals surface area contributed by atoms with Crippen LogP contribution in [0.4, 0.5) is 5.95 Å². The van der Waals surface area contributed by atoms with Crippen LogP contribution >= 0.6 is 11.6 Å². The Bertz CT molecular complexity index is 353. The van der Waals surface area contributed by atoms with Gasteiger partial charge in [0.25, 0.3) is 0 Å². The summed E-state index contributed by atoms with van der Waals surface area (Å²) in [6.07, 6.45) is 1.75. The highest BCUT2D eigenvalue weighted by Crippen LogP contribution is 2.25. The van der Waals surface area contributed by atoms with Crippen molar-refractivity contribution in [2.75, 3.05) is 38.1 Å². The zero-order valence-corrected chi connectivity index (χ0v) is 10.9. The van der Waals surface area contributed by atoms with E-state index in [0.29, 0.717) is 6.04 Å². The molecule has 0 aromatic carbocycles. The summed E-state index contributed by atoms with van der Waals surface area (Å²) in [4.78, 5) is 9.07. The SMILES string of the molecule is CC(C)n1c(Cl)cnc1N1CCN(C)CC1. The lowest BCUT2D eigenvalue weighted by Gasteiger charge is -2.34. The fourth-order valence-electron chi connectivity index (χ4n) is 2.05. The van der Waals surface area contributed by atoms with E-state index in [0.717, 1.165) is 37.3 Å². The van der Waals surface area contributed by atoms with E-state index in [4.69, 9.17) is 11.6 Å². The summed E-state index contributed by atoms with van der Waals surface area (Å²) in [5, 5.41) is 0.726. The summed E-state index contributed by atoms with van der Waals surface area (Å²) >= 11 is 6.15. The van der Waals surface area contributed by atoms with Crippen LogP contribution < -0.4 is 4.90 Å². The molecule has 1 aromatic rings. The van der Waals surface area contributed by atoms with Gasteiger partial charge in [-0.25, -0.2) is 4.98 Å². The number of imidazole rings is 1. The van der Waals surface area contributed by atoms with Crippen LogP contribution in [-0.2, 0) is 0 Å². The number of hydrogen-bond acceptors (Lipinski definition) is 3. The minimum atomic E-state index is 0.352. The maximum atomic E-state index is 6.15. The molecule has 1 saturated heterocycles. The van der Waals surface area contributed by atoms with E-state index in [1.807, 2.05) is 0 Å². The molecule has 16 heavy (non-hydrogen) atoms. The molecule has 0 bridgehead atoms. The molecule has 0 unspecified atom stereocenters. The third kappa shape index (κ3) is 2.18. The molecule has 4 nitrogen and oxygen atoms in total. The fraction of sp³-hybridized carbons (Fsp3) is 0.727. The number of piperazine rings is 1. The average Bonchev–Trinajstić information content (AvgIpc) is 2.61. The number of halogens is 1. The number of nitrogens with zero attached hydrogens (tertiary/aromatic N) is 4. The quantitative estimate of drug-likeness (QED) is 0.792. The molecule has 1 fully saturated rings. The largest absolute Gasteiger partial charge is 0.340 e. The van der Waals surface area contributed by atoms with Gasteiger partial charge in [-0.15, -0.1) is 0 Å². The molecule has 0 N–H and O–H groups in total. The van der Waals surface area contributed by atoms with Crippen molar-refractivity contribution in [3.05, 3.63) is 11.3 Å². The van der Waals surface area contributed by atoms with Crippen molar-refractivity contribution < 1.29 is 0 Å². The molecular formula is C11H19ClN4. The summed E-state index contributed by atoms with van der Waals surface area (Å²) < 4.78 is 2.09. The zero-order chi connectivity index (χ0) is 11.7. The Morgan fingerprint density at radius 2 is 1.88 bits per heavy atom. The van der Waals surface area contributed by atoms with Crippen molar-refractivity contribution in [3.8, 4) is 0 Å². The van der Waals surface area contributed by atoms with Gasteiger partial charge in [0.15, 0.2) is 0 Å². The van der Waals surface area contributed by atoms with E-state index in [9.17, 15) is 0 Å². The van der Waals surface area contributed by atoms with E-state index in [1.54, 1.807) is 6.20 Å². The molecule has 0 saturated carbocycles. The van der Waals surface area contributed by atoms with E-state index in [1.165, 1.54) is 0 Å².